The summed E-state index contributed by atoms with van der Waals surface area (Å²) in [5, 5.41) is 60.4. The van der Waals surface area contributed by atoms with Gasteiger partial charge in [-0.2, -0.15) is 0 Å². The molecule has 0 aliphatic carbocycles. The lowest BCUT2D eigenvalue weighted by molar-refractivity contribution is -0.138. The Labute approximate surface area is 333 Å². The molecule has 1 aliphatic heterocycles. The molecular weight excluding hydrogens is 864 g/mol. The summed E-state index contributed by atoms with van der Waals surface area (Å²) in [7, 11) is 0. The molecule has 0 amide bonds. The Balaban J connectivity index is 2.06. The van der Waals surface area contributed by atoms with Gasteiger partial charge in [-0.15, -0.1) is 0 Å². The van der Waals surface area contributed by atoms with E-state index in [-0.39, 0.29) is 56.9 Å². The Morgan fingerprint density at radius 2 is 0.893 bits per heavy atom. The van der Waals surface area contributed by atoms with E-state index in [1.165, 1.54) is 0 Å². The average Bonchev–Trinajstić information content (AvgIpc) is 3.80. The highest BCUT2D eigenvalue weighted by atomic mass is 79.9. The fraction of sp³-hybridized carbons (Fsp3) is 0.316. The smallest absolute Gasteiger partial charge is 0.307 e. The third kappa shape index (κ3) is 8.91. The van der Waals surface area contributed by atoms with E-state index < -0.39 is 48.7 Å². The molecule has 5 heterocycles. The Bertz CT molecular complexity index is 2570. The lowest BCUT2D eigenvalue weighted by Gasteiger charge is -2.06. The van der Waals surface area contributed by atoms with Gasteiger partial charge in [0.15, 0.2) is 0 Å². The lowest BCUT2D eigenvalue weighted by Crippen LogP contribution is -2.17. The van der Waals surface area contributed by atoms with Gasteiger partial charge in [0.25, 0.3) is 0 Å². The molecular formula is C38H38Br2N4O12. The topological polar surface area (TPSA) is 287 Å². The van der Waals surface area contributed by atoms with E-state index in [4.69, 9.17) is 0 Å². The molecule has 0 radical (unpaired) electrons. The average molecular weight is 903 g/mol. The number of carbonyl (C=O) groups is 6. The number of rotatable bonds is 16. The fourth-order valence-corrected chi connectivity index (χ4v) is 8.58. The number of hydrogen-bond acceptors (Lipinski definition) is 6. The first-order valence-electron chi connectivity index (χ1n) is 17.3. The van der Waals surface area contributed by atoms with Crippen molar-refractivity contribution in [2.24, 2.45) is 0 Å². The summed E-state index contributed by atoms with van der Waals surface area (Å²) in [6, 6.07) is 0. The van der Waals surface area contributed by atoms with Crippen LogP contribution in [0.3, 0.4) is 0 Å². The van der Waals surface area contributed by atoms with Crippen molar-refractivity contribution in [1.29, 1.82) is 0 Å². The van der Waals surface area contributed by atoms with Gasteiger partial charge < -0.3 is 50.6 Å². The van der Waals surface area contributed by atoms with Crippen molar-refractivity contribution in [1.82, 2.24) is 19.9 Å². The van der Waals surface area contributed by atoms with Gasteiger partial charge in [-0.05, 0) is 128 Å². The predicted molar refractivity (Wildman–Crippen MR) is 208 cm³/mol. The van der Waals surface area contributed by atoms with Crippen LogP contribution in [0.2, 0.25) is 0 Å². The number of carboxylic acids is 6. The first kappa shape index (κ1) is 41.5. The Morgan fingerprint density at radius 1 is 0.464 bits per heavy atom. The van der Waals surface area contributed by atoms with Crippen LogP contribution in [0.25, 0.3) is 21.1 Å². The number of fused-ring (bicyclic) bond motifs is 8. The molecule has 296 valence electrons. The lowest BCUT2D eigenvalue weighted by atomic mass is 9.98. The van der Waals surface area contributed by atoms with Crippen molar-refractivity contribution in [3.8, 4) is 0 Å². The van der Waals surface area contributed by atoms with E-state index in [0.29, 0.717) is 92.1 Å². The molecule has 1 aliphatic rings. The van der Waals surface area contributed by atoms with Gasteiger partial charge in [0.1, 0.15) is 0 Å². The minimum atomic E-state index is -1.19. The summed E-state index contributed by atoms with van der Waals surface area (Å²) in [6.45, 7) is 3.50. The second kappa shape index (κ2) is 17.0. The summed E-state index contributed by atoms with van der Waals surface area (Å²) in [4.78, 5) is 85.2. The second-order valence-corrected chi connectivity index (χ2v) is 15.0. The molecule has 56 heavy (non-hydrogen) atoms. The van der Waals surface area contributed by atoms with Gasteiger partial charge in [0.05, 0.1) is 43.9 Å². The molecule has 5 rings (SSSR count). The fourth-order valence-electron chi connectivity index (χ4n) is 7.17. The first-order chi connectivity index (χ1) is 26.4. The maximum atomic E-state index is 12.3. The van der Waals surface area contributed by atoms with Crippen molar-refractivity contribution in [3.63, 3.8) is 0 Å². The van der Waals surface area contributed by atoms with Gasteiger partial charge in [0, 0.05) is 47.8 Å². The van der Waals surface area contributed by atoms with Crippen LogP contribution in [-0.2, 0) is 67.3 Å². The van der Waals surface area contributed by atoms with Crippen molar-refractivity contribution in [3.05, 3.63) is 88.7 Å². The van der Waals surface area contributed by atoms with Crippen LogP contribution in [0.5, 0.6) is 0 Å². The highest BCUT2D eigenvalue weighted by Crippen LogP contribution is 2.32. The van der Waals surface area contributed by atoms with Crippen molar-refractivity contribution >= 4 is 88.8 Å². The van der Waals surface area contributed by atoms with Crippen LogP contribution in [0.1, 0.15) is 93.0 Å². The molecule has 0 saturated heterocycles. The third-order valence-corrected chi connectivity index (χ3v) is 11.4. The van der Waals surface area contributed by atoms with Crippen LogP contribution in [0, 0.1) is 13.8 Å². The first-order valence-corrected chi connectivity index (χ1v) is 18.9. The highest BCUT2D eigenvalue weighted by molar-refractivity contribution is 9.15. The number of aliphatic carboxylic acids is 6. The monoisotopic (exact) mass is 900 g/mol. The summed E-state index contributed by atoms with van der Waals surface area (Å²) >= 11 is 7.36. The Hall–Kier alpha value is -5.62. The molecule has 18 heteroatoms. The molecule has 0 unspecified atom stereocenters. The molecule has 0 saturated carbocycles. The van der Waals surface area contributed by atoms with Gasteiger partial charge in [0.2, 0.25) is 0 Å². The normalized spacial score (nSPS) is 12.3. The van der Waals surface area contributed by atoms with Crippen LogP contribution in [-0.4, -0.2) is 86.4 Å². The van der Waals surface area contributed by atoms with Crippen LogP contribution >= 0.6 is 31.9 Å². The molecule has 0 atom stereocenters. The summed E-state index contributed by atoms with van der Waals surface area (Å²) in [6.07, 6.45) is 1.07. The predicted octanol–water partition coefficient (Wildman–Crippen LogP) is 2.01. The minimum Gasteiger partial charge on any atom is -0.481 e. The Kier molecular flexibility index (Phi) is 12.6. The largest absolute Gasteiger partial charge is 0.481 e. The van der Waals surface area contributed by atoms with Gasteiger partial charge in [-0.25, -0.2) is 0 Å². The zero-order valence-electron chi connectivity index (χ0n) is 30.1. The molecule has 0 spiro atoms. The number of carboxylic acid groups (broad SMARTS) is 6. The SMILES string of the molecule is Cc1c(CCC(=O)O)c2[nH]c1=Cc1[nH]c(c(CC(=O)O)c1CCC(=O)O)C(Br)=c1[nH]c(c(C)c1CCC(=O)O)=C(Br)c1[nH]c(c(CC(=O)O)c1CCC(=O)O)C=2. The van der Waals surface area contributed by atoms with E-state index in [1.54, 1.807) is 26.0 Å². The van der Waals surface area contributed by atoms with E-state index in [0.717, 1.165) is 0 Å². The summed E-state index contributed by atoms with van der Waals surface area (Å²) in [5.41, 5.74) is 5.04. The zero-order valence-corrected chi connectivity index (χ0v) is 33.3. The molecule has 0 aromatic carbocycles. The maximum Gasteiger partial charge on any atom is 0.307 e. The maximum absolute atomic E-state index is 12.3. The Morgan fingerprint density at radius 3 is 1.43 bits per heavy atom. The van der Waals surface area contributed by atoms with E-state index >= 15 is 0 Å². The molecule has 4 aromatic rings. The van der Waals surface area contributed by atoms with Crippen LogP contribution < -0.4 is 21.4 Å². The van der Waals surface area contributed by atoms with E-state index in [9.17, 15) is 59.4 Å². The second-order valence-electron chi connectivity index (χ2n) is 13.4. The zero-order chi connectivity index (χ0) is 41.2. The van der Waals surface area contributed by atoms with Gasteiger partial charge in [-0.3, -0.25) is 28.8 Å². The number of nitrogens with one attached hydrogen (secondary N) is 4. The number of aromatic nitrogens is 4. The minimum absolute atomic E-state index is 0.0331. The molecule has 10 N–H and O–H groups in total. The third-order valence-electron chi connectivity index (χ3n) is 9.80. The summed E-state index contributed by atoms with van der Waals surface area (Å²) < 4.78 is 0.677. The molecule has 4 aromatic heterocycles. The molecule has 16 nitrogen and oxygen atoms in total. The van der Waals surface area contributed by atoms with Gasteiger partial charge >= 0.3 is 35.8 Å². The molecule has 8 bridgehead atoms. The van der Waals surface area contributed by atoms with E-state index in [1.807, 2.05) is 0 Å². The number of hydrogen-bond donors (Lipinski definition) is 10. The standard InChI is InChI=1S/C38H38Br2N4O12/c1-15-17(3-7-27(45)46)24-14-26-21(11-31(53)54)20(6-10-30(51)52)37(43-26)33(39)35-16(2)18(4-8-28(47)48)36(44-35)34(40)38-22(12-32(55)56)19(5-9-29(49)50)25(42-38)13-23(15)41-24/h13-14,41-44H,3-12H2,1-2H3,(H,45,46)(H,47,48)(H,49,50)(H,51,52)(H,53,54)(H,55,56). The van der Waals surface area contributed by atoms with Crippen molar-refractivity contribution in [2.75, 3.05) is 0 Å². The number of aromatic amines is 4. The van der Waals surface area contributed by atoms with Crippen molar-refractivity contribution < 1.29 is 59.4 Å². The highest BCUT2D eigenvalue weighted by Gasteiger charge is 2.26. The number of halogens is 2. The van der Waals surface area contributed by atoms with Gasteiger partial charge in [-0.1, -0.05) is 0 Å². The van der Waals surface area contributed by atoms with Crippen LogP contribution in [0.15, 0.2) is 0 Å². The number of H-pyrrole nitrogens is 4. The van der Waals surface area contributed by atoms with E-state index in [2.05, 4.69) is 51.8 Å². The van der Waals surface area contributed by atoms with Crippen LogP contribution in [0.4, 0.5) is 0 Å². The molecule has 0 fully saturated rings. The van der Waals surface area contributed by atoms with Crippen molar-refractivity contribution in [2.45, 2.75) is 78.1 Å². The quantitative estimate of drug-likeness (QED) is 0.0773. The summed E-state index contributed by atoms with van der Waals surface area (Å²) in [5.74, 6) is -6.74.